The summed E-state index contributed by atoms with van der Waals surface area (Å²) in [6.07, 6.45) is 13.1. The number of aliphatic hydroxyl groups is 1. The van der Waals surface area contributed by atoms with Crippen LogP contribution in [0.2, 0.25) is 0 Å². The zero-order valence-corrected chi connectivity index (χ0v) is 10.8. The second-order valence-corrected chi connectivity index (χ2v) is 4.75. The molecule has 0 aromatic rings. The van der Waals surface area contributed by atoms with Crippen LogP contribution in [0.15, 0.2) is 0 Å². The van der Waals surface area contributed by atoms with Crippen LogP contribution in [-0.2, 0) is 0 Å². The first-order valence-electron chi connectivity index (χ1n) is 6.96. The Morgan fingerprint density at radius 1 is 0.733 bits per heavy atom. The van der Waals surface area contributed by atoms with E-state index in [1.54, 1.807) is 0 Å². The van der Waals surface area contributed by atoms with Crippen molar-refractivity contribution in [1.29, 1.82) is 0 Å². The standard InChI is InChI=1S/C14H30O/c1-3-5-7-9-11-14(13-15)12-10-8-6-4-2/h14-15H,3-13H2,1-2H3. The van der Waals surface area contributed by atoms with Gasteiger partial charge in [0.1, 0.15) is 0 Å². The van der Waals surface area contributed by atoms with E-state index >= 15 is 0 Å². The molecule has 0 saturated carbocycles. The molecule has 1 N–H and O–H groups in total. The number of unbranched alkanes of at least 4 members (excludes halogenated alkanes) is 6. The Morgan fingerprint density at radius 3 is 1.53 bits per heavy atom. The molecule has 15 heavy (non-hydrogen) atoms. The van der Waals surface area contributed by atoms with Crippen LogP contribution in [0.3, 0.4) is 0 Å². The van der Waals surface area contributed by atoms with Crippen LogP contribution in [0, 0.1) is 5.92 Å². The van der Waals surface area contributed by atoms with Crippen LogP contribution < -0.4 is 0 Å². The summed E-state index contributed by atoms with van der Waals surface area (Å²) >= 11 is 0. The molecule has 0 unspecified atom stereocenters. The van der Waals surface area contributed by atoms with Gasteiger partial charge in [-0.2, -0.15) is 0 Å². The van der Waals surface area contributed by atoms with Crippen molar-refractivity contribution in [2.75, 3.05) is 6.61 Å². The molecule has 0 spiro atoms. The molecule has 0 fully saturated rings. The summed E-state index contributed by atoms with van der Waals surface area (Å²) in [5, 5.41) is 9.24. The quantitative estimate of drug-likeness (QED) is 0.501. The van der Waals surface area contributed by atoms with Crippen molar-refractivity contribution in [2.45, 2.75) is 78.1 Å². The maximum Gasteiger partial charge on any atom is 0.0459 e. The van der Waals surface area contributed by atoms with Crippen molar-refractivity contribution < 1.29 is 5.11 Å². The van der Waals surface area contributed by atoms with Gasteiger partial charge in [-0.05, 0) is 18.8 Å². The van der Waals surface area contributed by atoms with Gasteiger partial charge in [-0.3, -0.25) is 0 Å². The van der Waals surface area contributed by atoms with Crippen LogP contribution in [0.1, 0.15) is 78.1 Å². The van der Waals surface area contributed by atoms with Gasteiger partial charge in [0.05, 0.1) is 0 Å². The molecule has 0 heterocycles. The second kappa shape index (κ2) is 12.0. The molecule has 0 aromatic carbocycles. The highest BCUT2D eigenvalue weighted by Gasteiger charge is 2.06. The third-order valence-electron chi connectivity index (χ3n) is 3.19. The molecular formula is C14H30O. The number of aliphatic hydroxyl groups excluding tert-OH is 1. The molecule has 1 heteroatoms. The Bertz CT molecular complexity index is 99.9. The highest BCUT2D eigenvalue weighted by atomic mass is 16.3. The van der Waals surface area contributed by atoms with Gasteiger partial charge in [-0.25, -0.2) is 0 Å². The lowest BCUT2D eigenvalue weighted by molar-refractivity contribution is 0.204. The van der Waals surface area contributed by atoms with E-state index in [1.165, 1.54) is 64.2 Å². The van der Waals surface area contributed by atoms with Crippen molar-refractivity contribution >= 4 is 0 Å². The Morgan fingerprint density at radius 2 is 1.20 bits per heavy atom. The fourth-order valence-electron chi connectivity index (χ4n) is 2.05. The molecule has 0 rings (SSSR count). The van der Waals surface area contributed by atoms with Crippen molar-refractivity contribution in [3.8, 4) is 0 Å². The summed E-state index contributed by atoms with van der Waals surface area (Å²) in [6.45, 7) is 4.89. The predicted molar refractivity (Wildman–Crippen MR) is 68.1 cm³/mol. The van der Waals surface area contributed by atoms with E-state index in [1.807, 2.05) is 0 Å². The highest BCUT2D eigenvalue weighted by molar-refractivity contribution is 4.58. The van der Waals surface area contributed by atoms with E-state index in [-0.39, 0.29) is 0 Å². The average Bonchev–Trinajstić information content (AvgIpc) is 2.27. The van der Waals surface area contributed by atoms with Crippen LogP contribution in [-0.4, -0.2) is 11.7 Å². The van der Waals surface area contributed by atoms with Crippen LogP contribution >= 0.6 is 0 Å². The second-order valence-electron chi connectivity index (χ2n) is 4.75. The molecule has 0 aliphatic heterocycles. The predicted octanol–water partition coefficient (Wildman–Crippen LogP) is 4.54. The van der Waals surface area contributed by atoms with Gasteiger partial charge in [0.25, 0.3) is 0 Å². The Hall–Kier alpha value is -0.0400. The van der Waals surface area contributed by atoms with Crippen LogP contribution in [0.5, 0.6) is 0 Å². The smallest absolute Gasteiger partial charge is 0.0459 e. The normalized spacial score (nSPS) is 11.2. The number of rotatable bonds is 11. The first-order chi connectivity index (χ1) is 7.35. The molecule has 0 radical (unpaired) electrons. The summed E-state index contributed by atoms with van der Waals surface area (Å²) in [7, 11) is 0. The van der Waals surface area contributed by atoms with E-state index < -0.39 is 0 Å². The third-order valence-corrected chi connectivity index (χ3v) is 3.19. The first kappa shape index (κ1) is 15.0. The van der Waals surface area contributed by atoms with E-state index in [9.17, 15) is 5.11 Å². The third kappa shape index (κ3) is 10.2. The monoisotopic (exact) mass is 214 g/mol. The molecular weight excluding hydrogens is 184 g/mol. The maximum absolute atomic E-state index is 9.24. The van der Waals surface area contributed by atoms with Gasteiger partial charge in [0, 0.05) is 6.61 Å². The Kier molecular flexibility index (Phi) is 12.0. The Labute approximate surface area is 96.3 Å². The fourth-order valence-corrected chi connectivity index (χ4v) is 2.05. The molecule has 0 aliphatic carbocycles. The van der Waals surface area contributed by atoms with E-state index in [4.69, 9.17) is 0 Å². The van der Waals surface area contributed by atoms with Crippen LogP contribution in [0.4, 0.5) is 0 Å². The lowest BCUT2D eigenvalue weighted by Gasteiger charge is -2.13. The van der Waals surface area contributed by atoms with Gasteiger partial charge >= 0.3 is 0 Å². The average molecular weight is 214 g/mol. The zero-order chi connectivity index (χ0) is 11.4. The van der Waals surface area contributed by atoms with Gasteiger partial charge < -0.3 is 5.11 Å². The molecule has 0 atom stereocenters. The lowest BCUT2D eigenvalue weighted by atomic mass is 9.95. The number of hydrogen-bond donors (Lipinski definition) is 1. The van der Waals surface area contributed by atoms with Gasteiger partial charge in [0.15, 0.2) is 0 Å². The van der Waals surface area contributed by atoms with E-state index in [0.29, 0.717) is 12.5 Å². The van der Waals surface area contributed by atoms with Crippen molar-refractivity contribution in [3.05, 3.63) is 0 Å². The minimum Gasteiger partial charge on any atom is -0.396 e. The first-order valence-corrected chi connectivity index (χ1v) is 6.96. The van der Waals surface area contributed by atoms with Crippen molar-refractivity contribution in [1.82, 2.24) is 0 Å². The largest absolute Gasteiger partial charge is 0.396 e. The molecule has 0 amide bonds. The van der Waals surface area contributed by atoms with Crippen molar-refractivity contribution in [3.63, 3.8) is 0 Å². The SMILES string of the molecule is CCCCCCC(CO)CCCCCC. The Balaban J connectivity index is 3.29. The van der Waals surface area contributed by atoms with Gasteiger partial charge in [-0.15, -0.1) is 0 Å². The summed E-state index contributed by atoms with van der Waals surface area (Å²) in [5.74, 6) is 0.582. The van der Waals surface area contributed by atoms with Gasteiger partial charge in [0.2, 0.25) is 0 Å². The lowest BCUT2D eigenvalue weighted by Crippen LogP contribution is -2.06. The topological polar surface area (TPSA) is 20.2 Å². The number of hydrogen-bond acceptors (Lipinski definition) is 1. The van der Waals surface area contributed by atoms with Crippen molar-refractivity contribution in [2.24, 2.45) is 5.92 Å². The van der Waals surface area contributed by atoms with Crippen LogP contribution in [0.25, 0.3) is 0 Å². The molecule has 0 saturated heterocycles. The minimum atomic E-state index is 0.401. The summed E-state index contributed by atoms with van der Waals surface area (Å²) in [5.41, 5.74) is 0. The zero-order valence-electron chi connectivity index (χ0n) is 10.8. The molecule has 0 aromatic heterocycles. The summed E-state index contributed by atoms with van der Waals surface area (Å²) < 4.78 is 0. The molecule has 92 valence electrons. The highest BCUT2D eigenvalue weighted by Crippen LogP contribution is 2.17. The van der Waals surface area contributed by atoms with E-state index in [0.717, 1.165) is 0 Å². The molecule has 0 aliphatic rings. The van der Waals surface area contributed by atoms with E-state index in [2.05, 4.69) is 13.8 Å². The maximum atomic E-state index is 9.24. The summed E-state index contributed by atoms with van der Waals surface area (Å²) in [4.78, 5) is 0. The summed E-state index contributed by atoms with van der Waals surface area (Å²) in [6, 6.07) is 0. The minimum absolute atomic E-state index is 0.401. The molecule has 0 bridgehead atoms. The molecule has 1 nitrogen and oxygen atoms in total. The van der Waals surface area contributed by atoms with Gasteiger partial charge in [-0.1, -0.05) is 65.2 Å². The fraction of sp³-hybridized carbons (Fsp3) is 1.00.